The van der Waals surface area contributed by atoms with Crippen molar-refractivity contribution >= 4 is 45.7 Å². The molecule has 0 aliphatic rings. The molecule has 0 aliphatic carbocycles. The van der Waals surface area contributed by atoms with Crippen molar-refractivity contribution in [2.24, 2.45) is 0 Å². The number of para-hydroxylation sites is 1. The second-order valence-corrected chi connectivity index (χ2v) is 5.07. The van der Waals surface area contributed by atoms with Crippen LogP contribution >= 0.6 is 23.2 Å². The largest absolute Gasteiger partial charge is 0.439 e. The normalized spacial score (nSPS) is 10.7. The molecule has 3 nitrogen and oxygen atoms in total. The monoisotopic (exact) mass is 305 g/mol. The van der Waals surface area contributed by atoms with Gasteiger partial charge in [-0.2, -0.15) is 0 Å². The first-order valence-corrected chi connectivity index (χ1v) is 6.64. The minimum Gasteiger partial charge on any atom is -0.439 e. The van der Waals surface area contributed by atoms with E-state index in [0.717, 1.165) is 5.69 Å². The maximum Gasteiger partial charge on any atom is 0.201 e. The van der Waals surface area contributed by atoms with Crippen molar-refractivity contribution in [2.75, 3.05) is 5.32 Å². The number of benzene rings is 2. The highest BCUT2D eigenvalue weighted by atomic mass is 35.5. The molecule has 2 aromatic carbocycles. The van der Waals surface area contributed by atoms with Gasteiger partial charge in [-0.3, -0.25) is 4.79 Å². The van der Waals surface area contributed by atoms with Crippen molar-refractivity contribution in [2.45, 2.75) is 0 Å². The van der Waals surface area contributed by atoms with Gasteiger partial charge in [0, 0.05) is 16.8 Å². The zero-order valence-electron chi connectivity index (χ0n) is 10.2. The summed E-state index contributed by atoms with van der Waals surface area (Å²) in [6, 6.07) is 13.9. The number of halogens is 2. The summed E-state index contributed by atoms with van der Waals surface area (Å²) in [7, 11) is 0. The fraction of sp³-hybridized carbons (Fsp3) is 0. The summed E-state index contributed by atoms with van der Waals surface area (Å²) in [5.74, 6) is 0.331. The van der Waals surface area contributed by atoms with Crippen molar-refractivity contribution in [3.8, 4) is 0 Å². The highest BCUT2D eigenvalue weighted by molar-refractivity contribution is 6.38. The summed E-state index contributed by atoms with van der Waals surface area (Å²) < 4.78 is 5.63. The smallest absolute Gasteiger partial charge is 0.201 e. The molecule has 3 aromatic rings. The zero-order chi connectivity index (χ0) is 14.1. The Morgan fingerprint density at radius 3 is 2.50 bits per heavy atom. The molecular formula is C15H9Cl2NO2. The standard InChI is InChI=1S/C15H9Cl2NO2/c16-9-6-11-13(19)8-14(20-15(11)12(17)7-9)18-10-4-2-1-3-5-10/h1-8,18H. The first-order chi connectivity index (χ1) is 9.63. The van der Waals surface area contributed by atoms with Crippen LogP contribution in [0.1, 0.15) is 0 Å². The second-order valence-electron chi connectivity index (χ2n) is 4.23. The molecule has 0 bridgehead atoms. The molecular weight excluding hydrogens is 297 g/mol. The lowest BCUT2D eigenvalue weighted by atomic mass is 10.2. The van der Waals surface area contributed by atoms with Gasteiger partial charge in [0.25, 0.3) is 0 Å². The van der Waals surface area contributed by atoms with Gasteiger partial charge in [-0.1, -0.05) is 41.4 Å². The molecule has 3 rings (SSSR count). The van der Waals surface area contributed by atoms with E-state index < -0.39 is 0 Å². The van der Waals surface area contributed by atoms with E-state index in [9.17, 15) is 4.79 Å². The fourth-order valence-electron chi connectivity index (χ4n) is 1.91. The summed E-state index contributed by atoms with van der Waals surface area (Å²) in [5, 5.41) is 4.09. The van der Waals surface area contributed by atoms with Crippen molar-refractivity contribution in [3.63, 3.8) is 0 Å². The number of hydrogen-bond acceptors (Lipinski definition) is 3. The topological polar surface area (TPSA) is 42.2 Å². The third-order valence-electron chi connectivity index (χ3n) is 2.79. The number of nitrogens with one attached hydrogen (secondary N) is 1. The average molecular weight is 306 g/mol. The molecule has 0 atom stereocenters. The molecule has 0 saturated carbocycles. The molecule has 0 unspecified atom stereocenters. The van der Waals surface area contributed by atoms with Crippen LogP contribution in [0.2, 0.25) is 10.0 Å². The van der Waals surface area contributed by atoms with Crippen molar-refractivity contribution in [3.05, 3.63) is 68.8 Å². The van der Waals surface area contributed by atoms with E-state index in [1.165, 1.54) is 6.07 Å². The van der Waals surface area contributed by atoms with Crippen LogP contribution in [0.5, 0.6) is 0 Å². The lowest BCUT2D eigenvalue weighted by Crippen LogP contribution is -2.02. The predicted molar refractivity (Wildman–Crippen MR) is 82.2 cm³/mol. The summed E-state index contributed by atoms with van der Waals surface area (Å²) in [4.78, 5) is 12.1. The van der Waals surface area contributed by atoms with Gasteiger partial charge in [-0.15, -0.1) is 0 Å². The lowest BCUT2D eigenvalue weighted by molar-refractivity contribution is 0.622. The molecule has 0 fully saturated rings. The molecule has 5 heteroatoms. The van der Waals surface area contributed by atoms with Gasteiger partial charge >= 0.3 is 0 Å². The van der Waals surface area contributed by atoms with Crippen LogP contribution in [-0.4, -0.2) is 0 Å². The van der Waals surface area contributed by atoms with Crippen LogP contribution in [0.25, 0.3) is 11.0 Å². The highest BCUT2D eigenvalue weighted by Crippen LogP contribution is 2.28. The maximum absolute atomic E-state index is 12.1. The SMILES string of the molecule is O=c1cc(Nc2ccccc2)oc2c(Cl)cc(Cl)cc12. The molecule has 1 N–H and O–H groups in total. The quantitative estimate of drug-likeness (QED) is 0.736. The Hall–Kier alpha value is -1.97. The highest BCUT2D eigenvalue weighted by Gasteiger charge is 2.09. The van der Waals surface area contributed by atoms with Crippen molar-refractivity contribution < 1.29 is 4.42 Å². The molecule has 1 heterocycles. The third kappa shape index (κ3) is 2.50. The number of hydrogen-bond donors (Lipinski definition) is 1. The minimum atomic E-state index is -0.200. The van der Waals surface area contributed by atoms with E-state index in [-0.39, 0.29) is 5.43 Å². The van der Waals surface area contributed by atoms with Crippen LogP contribution in [0.15, 0.2) is 57.7 Å². The molecule has 0 saturated heterocycles. The van der Waals surface area contributed by atoms with E-state index in [1.54, 1.807) is 12.1 Å². The molecule has 0 radical (unpaired) electrons. The van der Waals surface area contributed by atoms with Gasteiger partial charge in [-0.05, 0) is 24.3 Å². The Morgan fingerprint density at radius 1 is 1.00 bits per heavy atom. The number of rotatable bonds is 2. The lowest BCUT2D eigenvalue weighted by Gasteiger charge is -2.07. The van der Waals surface area contributed by atoms with Crippen molar-refractivity contribution in [1.82, 2.24) is 0 Å². The third-order valence-corrected chi connectivity index (χ3v) is 3.29. The first-order valence-electron chi connectivity index (χ1n) is 5.88. The number of anilines is 2. The van der Waals surface area contributed by atoms with Crippen molar-refractivity contribution in [1.29, 1.82) is 0 Å². The summed E-state index contributed by atoms with van der Waals surface area (Å²) in [5.41, 5.74) is 0.941. The van der Waals surface area contributed by atoms with E-state index in [4.69, 9.17) is 27.6 Å². The molecule has 0 aliphatic heterocycles. The van der Waals surface area contributed by atoms with E-state index in [0.29, 0.717) is 26.9 Å². The second kappa shape index (κ2) is 5.19. The van der Waals surface area contributed by atoms with E-state index in [1.807, 2.05) is 30.3 Å². The van der Waals surface area contributed by atoms with E-state index in [2.05, 4.69) is 5.32 Å². The summed E-state index contributed by atoms with van der Waals surface area (Å²) in [6.45, 7) is 0. The Kier molecular flexibility index (Phi) is 3.38. The van der Waals surface area contributed by atoms with Crippen LogP contribution in [0.3, 0.4) is 0 Å². The van der Waals surface area contributed by atoms with E-state index >= 15 is 0 Å². The Morgan fingerprint density at radius 2 is 1.75 bits per heavy atom. The van der Waals surface area contributed by atoms with Gasteiger partial charge in [0.2, 0.25) is 5.88 Å². The Labute approximate surface area is 124 Å². The van der Waals surface area contributed by atoms with Gasteiger partial charge in [0.05, 0.1) is 10.4 Å². The molecule has 0 spiro atoms. The Balaban J connectivity index is 2.13. The van der Waals surface area contributed by atoms with Gasteiger partial charge < -0.3 is 9.73 Å². The Bertz CT molecular complexity index is 828. The maximum atomic E-state index is 12.1. The fourth-order valence-corrected chi connectivity index (χ4v) is 2.44. The first kappa shape index (κ1) is 13.0. The van der Waals surface area contributed by atoms with Crippen LogP contribution < -0.4 is 10.7 Å². The average Bonchev–Trinajstić information content (AvgIpc) is 2.41. The van der Waals surface area contributed by atoms with Crippen LogP contribution in [0.4, 0.5) is 11.6 Å². The minimum absolute atomic E-state index is 0.200. The molecule has 100 valence electrons. The molecule has 0 amide bonds. The van der Waals surface area contributed by atoms with Gasteiger partial charge in [-0.25, -0.2) is 0 Å². The molecule has 1 aromatic heterocycles. The number of fused-ring (bicyclic) bond motifs is 1. The van der Waals surface area contributed by atoms with Crippen LogP contribution in [0, 0.1) is 0 Å². The summed E-state index contributed by atoms with van der Waals surface area (Å²) >= 11 is 11.9. The predicted octanol–water partition coefficient (Wildman–Crippen LogP) is 4.84. The van der Waals surface area contributed by atoms with Crippen LogP contribution in [-0.2, 0) is 0 Å². The van der Waals surface area contributed by atoms with Gasteiger partial charge in [0.15, 0.2) is 11.0 Å². The molecule has 20 heavy (non-hydrogen) atoms. The zero-order valence-corrected chi connectivity index (χ0v) is 11.7. The van der Waals surface area contributed by atoms with Gasteiger partial charge in [0.1, 0.15) is 0 Å². The summed E-state index contributed by atoms with van der Waals surface area (Å²) in [6.07, 6.45) is 0.